The summed E-state index contributed by atoms with van der Waals surface area (Å²) in [6, 6.07) is 90.6. The zero-order valence-electron chi connectivity index (χ0n) is 39.1. The fourth-order valence-electron chi connectivity index (χ4n) is 14.0. The Balaban J connectivity index is 0.000000120. The van der Waals surface area contributed by atoms with Crippen LogP contribution in [0.4, 0.5) is 0 Å². The zero-order valence-corrected chi connectivity index (χ0v) is 39.1. The summed E-state index contributed by atoms with van der Waals surface area (Å²) >= 11 is 0. The van der Waals surface area contributed by atoms with E-state index in [0.29, 0.717) is 0 Å². The molecule has 0 bridgehead atoms. The van der Waals surface area contributed by atoms with E-state index in [4.69, 9.17) is 0 Å². The highest BCUT2D eigenvalue weighted by molar-refractivity contribution is 6.46. The van der Waals surface area contributed by atoms with E-state index in [1.54, 1.807) is 0 Å². The molecule has 0 nitrogen and oxygen atoms in total. The van der Waals surface area contributed by atoms with Gasteiger partial charge in [0.25, 0.3) is 0 Å². The van der Waals surface area contributed by atoms with Crippen LogP contribution in [0.25, 0.3) is 172 Å². The van der Waals surface area contributed by atoms with Crippen molar-refractivity contribution in [1.82, 2.24) is 0 Å². The quantitative estimate of drug-likeness (QED) is 0.133. The minimum Gasteiger partial charge on any atom is -0.0616 e. The fraction of sp³-hybridized carbons (Fsp3) is 0. The second-order valence-corrected chi connectivity index (χ2v) is 20.0. The topological polar surface area (TPSA) is 0 Å². The van der Waals surface area contributed by atoms with E-state index in [2.05, 4.69) is 243 Å². The molecule has 0 aliphatic rings. The predicted octanol–water partition coefficient (Wildman–Crippen LogP) is 20.7. The molecule has 0 radical (unpaired) electrons. The second kappa shape index (κ2) is 14.1. The minimum absolute atomic E-state index is 1.32. The van der Waals surface area contributed by atoms with E-state index >= 15 is 0 Å². The highest BCUT2D eigenvalue weighted by Gasteiger charge is 2.21. The van der Waals surface area contributed by atoms with E-state index in [1.165, 1.54) is 172 Å². The molecule has 0 saturated carbocycles. The van der Waals surface area contributed by atoms with E-state index in [1.807, 2.05) is 0 Å². The summed E-state index contributed by atoms with van der Waals surface area (Å²) in [7, 11) is 0. The van der Waals surface area contributed by atoms with Crippen LogP contribution in [0.1, 0.15) is 0 Å². The highest BCUT2D eigenvalue weighted by atomic mass is 14.2. The zero-order chi connectivity index (χ0) is 46.8. The van der Waals surface area contributed by atoms with E-state index in [9.17, 15) is 0 Å². The minimum atomic E-state index is 1.32. The molecule has 18 rings (SSSR count). The standard InChI is InChI=1S/2C36H20/c2*1-2-10-22-21(9-1)25-13-5-17-29-30-19-7-15-27-23-11-3-4-12-24(23)28-16-8-20-32(36(28)35(27)30)31-18-6-14-26(22)34(31)33(25)29/h2*1-20H. The Morgan fingerprint density at radius 1 is 0.0833 bits per heavy atom. The van der Waals surface area contributed by atoms with Crippen molar-refractivity contribution in [2.24, 2.45) is 0 Å². The van der Waals surface area contributed by atoms with Gasteiger partial charge in [-0.15, -0.1) is 0 Å². The van der Waals surface area contributed by atoms with E-state index in [0.717, 1.165) is 0 Å². The van der Waals surface area contributed by atoms with Crippen molar-refractivity contribution in [3.05, 3.63) is 243 Å². The van der Waals surface area contributed by atoms with Crippen LogP contribution in [0.15, 0.2) is 243 Å². The van der Waals surface area contributed by atoms with Gasteiger partial charge in [0.2, 0.25) is 0 Å². The molecule has 0 aliphatic heterocycles. The van der Waals surface area contributed by atoms with Crippen molar-refractivity contribution in [3.8, 4) is 0 Å². The van der Waals surface area contributed by atoms with Crippen molar-refractivity contribution < 1.29 is 0 Å². The molecule has 0 atom stereocenters. The Bertz CT molecular complexity index is 4380. The van der Waals surface area contributed by atoms with Crippen molar-refractivity contribution in [1.29, 1.82) is 0 Å². The van der Waals surface area contributed by atoms with Crippen LogP contribution in [0.5, 0.6) is 0 Å². The smallest absolute Gasteiger partial charge is 0.00139 e. The summed E-state index contributed by atoms with van der Waals surface area (Å²) in [5.74, 6) is 0. The average molecular weight is 905 g/mol. The Labute approximate surface area is 412 Å². The van der Waals surface area contributed by atoms with Gasteiger partial charge in [-0.1, -0.05) is 243 Å². The van der Waals surface area contributed by atoms with Crippen molar-refractivity contribution >= 4 is 172 Å². The summed E-state index contributed by atoms with van der Waals surface area (Å²) in [6.45, 7) is 0. The lowest BCUT2D eigenvalue weighted by atomic mass is 9.84. The number of fused-ring (bicyclic) bond motifs is 16. The third kappa shape index (κ3) is 4.86. The predicted molar refractivity (Wildman–Crippen MR) is 315 cm³/mol. The van der Waals surface area contributed by atoms with Crippen molar-refractivity contribution in [2.45, 2.75) is 0 Å². The average Bonchev–Trinajstić information content (AvgIpc) is 3.45. The summed E-state index contributed by atoms with van der Waals surface area (Å²) in [5, 5.41) is 42.8. The number of benzene rings is 16. The maximum absolute atomic E-state index is 2.33. The molecular weight excluding hydrogens is 865 g/mol. The van der Waals surface area contributed by atoms with Gasteiger partial charge in [-0.3, -0.25) is 0 Å². The molecule has 328 valence electrons. The summed E-state index contributed by atoms with van der Waals surface area (Å²) < 4.78 is 0. The van der Waals surface area contributed by atoms with Gasteiger partial charge in [-0.2, -0.15) is 0 Å². The number of rotatable bonds is 0. The first-order chi connectivity index (χ1) is 35.8. The molecule has 0 aliphatic carbocycles. The van der Waals surface area contributed by atoms with Crippen LogP contribution in [-0.2, 0) is 0 Å². The van der Waals surface area contributed by atoms with Crippen LogP contribution in [0, 0.1) is 0 Å². The lowest BCUT2D eigenvalue weighted by Gasteiger charge is -2.19. The maximum atomic E-state index is 2.33. The van der Waals surface area contributed by atoms with Gasteiger partial charge in [0.1, 0.15) is 0 Å². The van der Waals surface area contributed by atoms with Gasteiger partial charge in [-0.05, 0) is 172 Å². The molecule has 18 aromatic carbocycles. The molecule has 0 unspecified atom stereocenters. The summed E-state index contributed by atoms with van der Waals surface area (Å²) in [6.07, 6.45) is 0. The fourth-order valence-corrected chi connectivity index (χ4v) is 14.0. The maximum Gasteiger partial charge on any atom is -0.00139 e. The van der Waals surface area contributed by atoms with Gasteiger partial charge in [-0.25, -0.2) is 0 Å². The number of hydrogen-bond donors (Lipinski definition) is 0. The SMILES string of the molecule is c1ccc2c(c1)c1cccc3c4cccc5c6ccccc6c6cccc(c7cccc2c7c13)c6c54.c1ccc2c(c1)c1cccc3c4cccc5c6ccccc6c6cccc(c7cccc2c7c13)c6c54. The second-order valence-electron chi connectivity index (χ2n) is 20.0. The molecule has 0 heteroatoms. The van der Waals surface area contributed by atoms with Crippen LogP contribution >= 0.6 is 0 Å². The highest BCUT2D eigenvalue weighted by Crippen LogP contribution is 2.50. The monoisotopic (exact) mass is 904 g/mol. The first-order valence-electron chi connectivity index (χ1n) is 25.3. The molecular formula is C72H40. The van der Waals surface area contributed by atoms with Gasteiger partial charge in [0.15, 0.2) is 0 Å². The molecule has 0 fully saturated rings. The van der Waals surface area contributed by atoms with Crippen LogP contribution < -0.4 is 0 Å². The normalized spacial score (nSPS) is 12.4. The Morgan fingerprint density at radius 2 is 0.167 bits per heavy atom. The third-order valence-electron chi connectivity index (χ3n) is 16.7. The van der Waals surface area contributed by atoms with Gasteiger partial charge in [0.05, 0.1) is 0 Å². The van der Waals surface area contributed by atoms with Crippen molar-refractivity contribution in [2.75, 3.05) is 0 Å². The molecule has 72 heavy (non-hydrogen) atoms. The van der Waals surface area contributed by atoms with Crippen LogP contribution in [0.2, 0.25) is 0 Å². The largest absolute Gasteiger partial charge is 0.0616 e. The Hall–Kier alpha value is -9.36. The molecule has 0 amide bonds. The van der Waals surface area contributed by atoms with E-state index in [-0.39, 0.29) is 0 Å². The summed E-state index contributed by atoms with van der Waals surface area (Å²) in [5.41, 5.74) is 0. The lowest BCUT2D eigenvalue weighted by Crippen LogP contribution is -1.90. The Morgan fingerprint density at radius 3 is 0.278 bits per heavy atom. The van der Waals surface area contributed by atoms with Gasteiger partial charge < -0.3 is 0 Å². The molecule has 0 saturated heterocycles. The number of hydrogen-bond acceptors (Lipinski definition) is 0. The molecule has 0 heterocycles. The molecule has 18 aromatic rings. The molecule has 0 aromatic heterocycles. The van der Waals surface area contributed by atoms with Crippen LogP contribution in [0.3, 0.4) is 0 Å². The first-order valence-corrected chi connectivity index (χ1v) is 25.3. The van der Waals surface area contributed by atoms with Crippen molar-refractivity contribution in [3.63, 3.8) is 0 Å². The summed E-state index contributed by atoms with van der Waals surface area (Å²) in [4.78, 5) is 0. The van der Waals surface area contributed by atoms with Gasteiger partial charge in [0, 0.05) is 0 Å². The first kappa shape index (κ1) is 38.5. The van der Waals surface area contributed by atoms with Crippen LogP contribution in [-0.4, -0.2) is 0 Å². The third-order valence-corrected chi connectivity index (χ3v) is 16.7. The van der Waals surface area contributed by atoms with Gasteiger partial charge >= 0.3 is 0 Å². The van der Waals surface area contributed by atoms with E-state index < -0.39 is 0 Å². The molecule has 0 N–H and O–H groups in total. The Kier molecular flexibility index (Phi) is 7.55. The molecule has 0 spiro atoms. The lowest BCUT2D eigenvalue weighted by molar-refractivity contribution is 1.79.